The predicted octanol–water partition coefficient (Wildman–Crippen LogP) is 4.48. The van der Waals surface area contributed by atoms with Gasteiger partial charge in [0.1, 0.15) is 17.2 Å². The molecule has 0 saturated heterocycles. The zero-order valence-corrected chi connectivity index (χ0v) is 19.8. The predicted molar refractivity (Wildman–Crippen MR) is 127 cm³/mol. The van der Waals surface area contributed by atoms with Crippen LogP contribution >= 0.6 is 11.6 Å². The molecular weight excluding hydrogens is 468 g/mol. The number of sulfonamides is 1. The molecule has 0 atom stereocenters. The maximum atomic E-state index is 12.6. The van der Waals surface area contributed by atoms with Gasteiger partial charge < -0.3 is 19.5 Å². The summed E-state index contributed by atoms with van der Waals surface area (Å²) in [7, 11) is -0.851. The average molecular weight is 491 g/mol. The van der Waals surface area contributed by atoms with Crippen molar-refractivity contribution in [3.8, 4) is 17.2 Å². The van der Waals surface area contributed by atoms with Gasteiger partial charge in [0.25, 0.3) is 15.9 Å². The maximum Gasteiger partial charge on any atom is 0.262 e. The van der Waals surface area contributed by atoms with E-state index in [0.717, 1.165) is 5.56 Å². The summed E-state index contributed by atoms with van der Waals surface area (Å²) in [6, 6.07) is 15.9. The molecule has 33 heavy (non-hydrogen) atoms. The number of amides is 1. The molecule has 0 bridgehead atoms. The van der Waals surface area contributed by atoms with Gasteiger partial charge in [-0.2, -0.15) is 0 Å². The molecule has 2 N–H and O–H groups in total. The first-order valence-corrected chi connectivity index (χ1v) is 11.6. The first-order valence-electron chi connectivity index (χ1n) is 9.75. The smallest absolute Gasteiger partial charge is 0.262 e. The van der Waals surface area contributed by atoms with E-state index in [9.17, 15) is 13.2 Å². The molecule has 10 heteroatoms. The highest BCUT2D eigenvalue weighted by atomic mass is 35.5. The monoisotopic (exact) mass is 490 g/mol. The van der Waals surface area contributed by atoms with E-state index in [1.807, 2.05) is 6.92 Å². The average Bonchev–Trinajstić information content (AvgIpc) is 2.79. The Bertz CT molecular complexity index is 1250. The summed E-state index contributed by atoms with van der Waals surface area (Å²) in [5.41, 5.74) is 1.86. The molecule has 3 rings (SSSR count). The van der Waals surface area contributed by atoms with Crippen LogP contribution in [-0.2, 0) is 14.8 Å². The van der Waals surface area contributed by atoms with Gasteiger partial charge in [0.15, 0.2) is 6.61 Å². The largest absolute Gasteiger partial charge is 0.497 e. The second-order valence-electron chi connectivity index (χ2n) is 6.97. The molecule has 0 aliphatic carbocycles. The lowest BCUT2D eigenvalue weighted by Crippen LogP contribution is -2.20. The van der Waals surface area contributed by atoms with E-state index in [4.69, 9.17) is 25.8 Å². The number of anilines is 2. The van der Waals surface area contributed by atoms with Crippen molar-refractivity contribution in [2.24, 2.45) is 0 Å². The molecular formula is C23H23ClN2O6S. The van der Waals surface area contributed by atoms with Gasteiger partial charge in [0.05, 0.1) is 29.8 Å². The quantitative estimate of drug-likeness (QED) is 0.458. The number of carbonyl (C=O) groups excluding carboxylic acids is 1. The van der Waals surface area contributed by atoms with Gasteiger partial charge in [-0.1, -0.05) is 29.3 Å². The van der Waals surface area contributed by atoms with E-state index < -0.39 is 15.9 Å². The van der Waals surface area contributed by atoms with Crippen molar-refractivity contribution in [1.82, 2.24) is 0 Å². The zero-order valence-electron chi connectivity index (χ0n) is 18.2. The normalized spacial score (nSPS) is 10.9. The highest BCUT2D eigenvalue weighted by Gasteiger charge is 2.17. The minimum atomic E-state index is -3.85. The molecule has 0 aliphatic rings. The molecule has 0 fully saturated rings. The Labute approximate surface area is 197 Å². The van der Waals surface area contributed by atoms with E-state index in [1.54, 1.807) is 42.5 Å². The summed E-state index contributed by atoms with van der Waals surface area (Å²) < 4.78 is 43.6. The van der Waals surface area contributed by atoms with Crippen molar-refractivity contribution in [3.63, 3.8) is 0 Å². The van der Waals surface area contributed by atoms with Gasteiger partial charge in [-0.25, -0.2) is 8.42 Å². The third-order valence-electron chi connectivity index (χ3n) is 4.56. The SMILES string of the molecule is COc1ccc(OC)c(NC(=O)COc2ccc(S(=O)(=O)Nc3ccc(C)cc3)cc2Cl)c1. The van der Waals surface area contributed by atoms with Crippen molar-refractivity contribution in [2.75, 3.05) is 30.9 Å². The van der Waals surface area contributed by atoms with Gasteiger partial charge in [-0.05, 0) is 49.4 Å². The van der Waals surface area contributed by atoms with Crippen LogP contribution in [0.2, 0.25) is 5.02 Å². The molecule has 174 valence electrons. The van der Waals surface area contributed by atoms with E-state index >= 15 is 0 Å². The van der Waals surface area contributed by atoms with E-state index in [2.05, 4.69) is 10.0 Å². The molecule has 0 radical (unpaired) electrons. The summed E-state index contributed by atoms with van der Waals surface area (Å²) >= 11 is 6.20. The summed E-state index contributed by atoms with van der Waals surface area (Å²) in [4.78, 5) is 12.3. The first-order chi connectivity index (χ1) is 15.7. The number of hydrogen-bond acceptors (Lipinski definition) is 6. The fraction of sp³-hybridized carbons (Fsp3) is 0.174. The molecule has 3 aromatic carbocycles. The van der Waals surface area contributed by atoms with E-state index in [1.165, 1.54) is 32.4 Å². The van der Waals surface area contributed by atoms with Crippen molar-refractivity contribution in [2.45, 2.75) is 11.8 Å². The van der Waals surface area contributed by atoms with Crippen molar-refractivity contribution < 1.29 is 27.4 Å². The number of ether oxygens (including phenoxy) is 3. The number of hydrogen-bond donors (Lipinski definition) is 2. The third-order valence-corrected chi connectivity index (χ3v) is 6.23. The maximum absolute atomic E-state index is 12.6. The lowest BCUT2D eigenvalue weighted by atomic mass is 10.2. The summed E-state index contributed by atoms with van der Waals surface area (Å²) in [5, 5.41) is 2.72. The van der Waals surface area contributed by atoms with E-state index in [-0.39, 0.29) is 22.3 Å². The van der Waals surface area contributed by atoms with Crippen LogP contribution in [-0.4, -0.2) is 35.2 Å². The Morgan fingerprint density at radius 2 is 1.64 bits per heavy atom. The highest BCUT2D eigenvalue weighted by molar-refractivity contribution is 7.92. The van der Waals surface area contributed by atoms with E-state index in [0.29, 0.717) is 22.9 Å². The number of rotatable bonds is 9. The summed E-state index contributed by atoms with van der Waals surface area (Å²) in [6.45, 7) is 1.55. The van der Waals surface area contributed by atoms with Gasteiger partial charge in [-0.3, -0.25) is 9.52 Å². The molecule has 0 saturated carbocycles. The number of nitrogens with one attached hydrogen (secondary N) is 2. The van der Waals surface area contributed by atoms with Gasteiger partial charge in [0.2, 0.25) is 0 Å². The number of aryl methyl sites for hydroxylation is 1. The number of carbonyl (C=O) groups is 1. The van der Waals surface area contributed by atoms with Crippen molar-refractivity contribution in [1.29, 1.82) is 0 Å². The molecule has 0 aromatic heterocycles. The van der Waals surface area contributed by atoms with Crippen LogP contribution in [0.4, 0.5) is 11.4 Å². The standard InChI is InChI=1S/C23H23ClN2O6S/c1-15-4-6-16(7-5-15)26-33(28,29)18-9-11-21(19(24)13-18)32-14-23(27)25-20-12-17(30-2)8-10-22(20)31-3/h4-13,26H,14H2,1-3H3,(H,25,27). The summed E-state index contributed by atoms with van der Waals surface area (Å²) in [6.07, 6.45) is 0. The van der Waals surface area contributed by atoms with Crippen LogP contribution in [0.1, 0.15) is 5.56 Å². The van der Waals surface area contributed by atoms with Crippen LogP contribution in [0, 0.1) is 6.92 Å². The topological polar surface area (TPSA) is 103 Å². The fourth-order valence-corrected chi connectivity index (χ4v) is 4.23. The highest BCUT2D eigenvalue weighted by Crippen LogP contribution is 2.30. The van der Waals surface area contributed by atoms with Crippen LogP contribution < -0.4 is 24.2 Å². The molecule has 8 nitrogen and oxygen atoms in total. The molecule has 0 spiro atoms. The van der Waals surface area contributed by atoms with Crippen molar-refractivity contribution in [3.05, 3.63) is 71.2 Å². The Hall–Kier alpha value is -3.43. The third kappa shape index (κ3) is 6.30. The molecule has 0 heterocycles. The van der Waals surface area contributed by atoms with Crippen LogP contribution in [0.25, 0.3) is 0 Å². The second kappa shape index (κ2) is 10.5. The number of halogens is 1. The number of methoxy groups -OCH3 is 2. The number of benzene rings is 3. The van der Waals surface area contributed by atoms with Crippen LogP contribution in [0.5, 0.6) is 17.2 Å². The van der Waals surface area contributed by atoms with Gasteiger partial charge in [-0.15, -0.1) is 0 Å². The first kappa shape index (κ1) is 24.2. The summed E-state index contributed by atoms with van der Waals surface area (Å²) in [5.74, 6) is 0.706. The molecule has 1 amide bonds. The van der Waals surface area contributed by atoms with Crippen LogP contribution in [0.3, 0.4) is 0 Å². The molecule has 0 unspecified atom stereocenters. The van der Waals surface area contributed by atoms with Gasteiger partial charge >= 0.3 is 0 Å². The van der Waals surface area contributed by atoms with Gasteiger partial charge in [0, 0.05) is 11.8 Å². The fourth-order valence-electron chi connectivity index (χ4n) is 2.84. The van der Waals surface area contributed by atoms with Crippen LogP contribution in [0.15, 0.2) is 65.6 Å². The second-order valence-corrected chi connectivity index (χ2v) is 9.06. The minimum Gasteiger partial charge on any atom is -0.497 e. The molecule has 0 aliphatic heterocycles. The zero-order chi connectivity index (χ0) is 24.0. The van der Waals surface area contributed by atoms with Crippen molar-refractivity contribution >= 4 is 38.9 Å². The molecule has 3 aromatic rings. The lowest BCUT2D eigenvalue weighted by molar-refractivity contribution is -0.118. The lowest BCUT2D eigenvalue weighted by Gasteiger charge is -2.13. The Kier molecular flexibility index (Phi) is 7.67. The Morgan fingerprint density at radius 1 is 0.939 bits per heavy atom. The Morgan fingerprint density at radius 3 is 2.27 bits per heavy atom. The minimum absolute atomic E-state index is 0.0361. The Balaban J connectivity index is 1.66.